The lowest BCUT2D eigenvalue weighted by atomic mass is 10.1. The van der Waals surface area contributed by atoms with E-state index < -0.39 is 0 Å². The van der Waals surface area contributed by atoms with Crippen LogP contribution in [-0.4, -0.2) is 48.1 Å². The maximum Gasteiger partial charge on any atom is 0.251 e. The molecule has 190 valence electrons. The molecule has 36 heavy (non-hydrogen) atoms. The second-order valence-electron chi connectivity index (χ2n) is 9.25. The molecule has 4 rings (SSSR count). The minimum absolute atomic E-state index is 0.0553. The number of hydrogen-bond donors (Lipinski definition) is 1. The van der Waals surface area contributed by atoms with E-state index in [1.54, 1.807) is 0 Å². The Morgan fingerprint density at radius 2 is 1.69 bits per heavy atom. The lowest BCUT2D eigenvalue weighted by molar-refractivity contribution is 0.0930. The van der Waals surface area contributed by atoms with Crippen LogP contribution in [0.15, 0.2) is 59.8 Å². The molecule has 1 saturated heterocycles. The molecule has 3 aromatic rings. The Hall–Kier alpha value is -2.48. The van der Waals surface area contributed by atoms with E-state index in [4.69, 9.17) is 28.2 Å². The second kappa shape index (κ2) is 12.2. The van der Waals surface area contributed by atoms with Crippen molar-refractivity contribution in [3.05, 3.63) is 75.9 Å². The number of piperazine rings is 1. The van der Waals surface area contributed by atoms with Gasteiger partial charge in [-0.3, -0.25) is 4.79 Å². The van der Waals surface area contributed by atoms with Gasteiger partial charge >= 0.3 is 0 Å². The first-order valence-electron chi connectivity index (χ1n) is 12.1. The number of anilines is 2. The number of aromatic nitrogens is 2. The molecule has 0 bridgehead atoms. The highest BCUT2D eigenvalue weighted by molar-refractivity contribution is 7.98. The van der Waals surface area contributed by atoms with Crippen LogP contribution in [0.5, 0.6) is 0 Å². The number of nitrogens with zero attached hydrogens (tertiary/aromatic N) is 4. The van der Waals surface area contributed by atoms with Gasteiger partial charge in [0.2, 0.25) is 0 Å². The first-order chi connectivity index (χ1) is 17.3. The van der Waals surface area contributed by atoms with Crippen LogP contribution in [0.1, 0.15) is 36.7 Å². The summed E-state index contributed by atoms with van der Waals surface area (Å²) >= 11 is 14.3. The van der Waals surface area contributed by atoms with Crippen molar-refractivity contribution in [2.45, 2.75) is 37.7 Å². The number of halogens is 2. The van der Waals surface area contributed by atoms with Gasteiger partial charge in [0, 0.05) is 49.6 Å². The summed E-state index contributed by atoms with van der Waals surface area (Å²) in [4.78, 5) is 26.3. The highest BCUT2D eigenvalue weighted by atomic mass is 35.5. The van der Waals surface area contributed by atoms with Crippen molar-refractivity contribution in [1.82, 2.24) is 15.3 Å². The van der Waals surface area contributed by atoms with Gasteiger partial charge in [0.15, 0.2) is 5.16 Å². The minimum Gasteiger partial charge on any atom is -0.367 e. The van der Waals surface area contributed by atoms with E-state index in [1.165, 1.54) is 11.8 Å². The quantitative estimate of drug-likeness (QED) is 0.208. The molecule has 1 aromatic heterocycles. The van der Waals surface area contributed by atoms with Gasteiger partial charge in [-0.2, -0.15) is 0 Å². The van der Waals surface area contributed by atoms with Gasteiger partial charge < -0.3 is 15.1 Å². The Morgan fingerprint density at radius 1 is 0.972 bits per heavy atom. The van der Waals surface area contributed by atoms with Crippen LogP contribution >= 0.6 is 35.0 Å². The normalized spacial score (nSPS) is 14.7. The lowest BCUT2D eigenvalue weighted by Gasteiger charge is -2.37. The molecule has 9 heteroatoms. The van der Waals surface area contributed by atoms with E-state index in [0.29, 0.717) is 27.5 Å². The SMILES string of the molecule is CC(C)C(C)NC(=O)c1cccc(CSc2nc(Cl)cc(N3CCN(c4ccccc4Cl)CC3)n2)c1. The molecule has 0 radical (unpaired) electrons. The standard InChI is InChI=1S/C27H31Cl2N5OS/c1-18(2)19(3)30-26(35)21-8-6-7-20(15-21)17-36-27-31-24(29)16-25(32-27)34-13-11-33(12-14-34)23-10-5-4-9-22(23)28/h4-10,15-16,18-19H,11-14,17H2,1-3H3,(H,30,35). The maximum absolute atomic E-state index is 12.6. The van der Waals surface area contributed by atoms with E-state index in [0.717, 1.165) is 48.3 Å². The molecule has 1 amide bonds. The molecule has 6 nitrogen and oxygen atoms in total. The van der Waals surface area contributed by atoms with E-state index in [9.17, 15) is 4.79 Å². The summed E-state index contributed by atoms with van der Waals surface area (Å²) in [5.41, 5.74) is 2.75. The predicted molar refractivity (Wildman–Crippen MR) is 151 cm³/mol. The fraction of sp³-hybridized carbons (Fsp3) is 0.370. The van der Waals surface area contributed by atoms with Crippen LogP contribution in [0.3, 0.4) is 0 Å². The van der Waals surface area contributed by atoms with Gasteiger partial charge in [-0.15, -0.1) is 0 Å². The van der Waals surface area contributed by atoms with Gasteiger partial charge in [-0.25, -0.2) is 9.97 Å². The molecule has 0 aliphatic carbocycles. The third kappa shape index (κ3) is 6.84. The molecule has 2 aromatic carbocycles. The van der Waals surface area contributed by atoms with Crippen molar-refractivity contribution >= 4 is 52.4 Å². The summed E-state index contributed by atoms with van der Waals surface area (Å²) < 4.78 is 0. The number of rotatable bonds is 8. The molecule has 1 unspecified atom stereocenters. The maximum atomic E-state index is 12.6. The number of thioether (sulfide) groups is 1. The largest absolute Gasteiger partial charge is 0.367 e. The number of nitrogens with one attached hydrogen (secondary N) is 1. The molecular weight excluding hydrogens is 513 g/mol. The Labute approximate surface area is 227 Å². The van der Waals surface area contributed by atoms with Crippen molar-refractivity contribution in [3.63, 3.8) is 0 Å². The van der Waals surface area contributed by atoms with Crippen molar-refractivity contribution in [1.29, 1.82) is 0 Å². The zero-order valence-corrected chi connectivity index (χ0v) is 23.1. The summed E-state index contributed by atoms with van der Waals surface area (Å²) in [6, 6.07) is 17.5. The van der Waals surface area contributed by atoms with Crippen LogP contribution in [0.25, 0.3) is 0 Å². The number of para-hydroxylation sites is 1. The van der Waals surface area contributed by atoms with E-state index >= 15 is 0 Å². The Bertz CT molecular complexity index is 1200. The monoisotopic (exact) mass is 543 g/mol. The van der Waals surface area contributed by atoms with Gasteiger partial charge in [0.1, 0.15) is 11.0 Å². The summed E-state index contributed by atoms with van der Waals surface area (Å²) in [5, 5.41) is 4.87. The molecule has 1 fully saturated rings. The number of carbonyl (C=O) groups excluding carboxylic acids is 1. The zero-order chi connectivity index (χ0) is 25.7. The zero-order valence-electron chi connectivity index (χ0n) is 20.7. The highest BCUT2D eigenvalue weighted by Crippen LogP contribution is 2.29. The summed E-state index contributed by atoms with van der Waals surface area (Å²) in [5.74, 6) is 1.79. The number of benzene rings is 2. The van der Waals surface area contributed by atoms with Crippen molar-refractivity contribution in [3.8, 4) is 0 Å². The topological polar surface area (TPSA) is 61.4 Å². The summed E-state index contributed by atoms with van der Waals surface area (Å²) in [6.07, 6.45) is 0. The molecule has 1 atom stereocenters. The third-order valence-electron chi connectivity index (χ3n) is 6.37. The van der Waals surface area contributed by atoms with Crippen molar-refractivity contribution < 1.29 is 4.79 Å². The molecule has 1 aliphatic rings. The average molecular weight is 545 g/mol. The van der Waals surface area contributed by atoms with E-state index in [-0.39, 0.29) is 11.9 Å². The van der Waals surface area contributed by atoms with Crippen LogP contribution in [0.4, 0.5) is 11.5 Å². The highest BCUT2D eigenvalue weighted by Gasteiger charge is 2.21. The first-order valence-corrected chi connectivity index (χ1v) is 13.9. The molecule has 0 saturated carbocycles. The van der Waals surface area contributed by atoms with Crippen LogP contribution in [0, 0.1) is 5.92 Å². The predicted octanol–water partition coefficient (Wildman–Crippen LogP) is 6.18. The number of amides is 1. The Balaban J connectivity index is 1.38. The Kier molecular flexibility index (Phi) is 8.99. The average Bonchev–Trinajstić information content (AvgIpc) is 2.87. The summed E-state index contributed by atoms with van der Waals surface area (Å²) in [7, 11) is 0. The first kappa shape index (κ1) is 26.6. The van der Waals surface area contributed by atoms with Crippen LogP contribution in [0.2, 0.25) is 10.2 Å². The molecule has 0 spiro atoms. The van der Waals surface area contributed by atoms with Gasteiger partial charge in [0.25, 0.3) is 5.91 Å². The molecule has 1 N–H and O–H groups in total. The van der Waals surface area contributed by atoms with E-state index in [2.05, 4.69) is 40.0 Å². The van der Waals surface area contributed by atoms with Gasteiger partial charge in [0.05, 0.1) is 10.7 Å². The molecular formula is C27H31Cl2N5OS. The van der Waals surface area contributed by atoms with Crippen LogP contribution < -0.4 is 15.1 Å². The Morgan fingerprint density at radius 3 is 2.42 bits per heavy atom. The fourth-order valence-electron chi connectivity index (χ4n) is 3.90. The second-order valence-corrected chi connectivity index (χ2v) is 11.0. The lowest BCUT2D eigenvalue weighted by Crippen LogP contribution is -2.47. The third-order valence-corrected chi connectivity index (χ3v) is 7.81. The van der Waals surface area contributed by atoms with Crippen molar-refractivity contribution in [2.24, 2.45) is 5.92 Å². The summed E-state index contributed by atoms with van der Waals surface area (Å²) in [6.45, 7) is 9.53. The smallest absolute Gasteiger partial charge is 0.251 e. The van der Waals surface area contributed by atoms with Gasteiger partial charge in [-0.1, -0.05) is 73.1 Å². The minimum atomic E-state index is -0.0553. The molecule has 1 aliphatic heterocycles. The van der Waals surface area contributed by atoms with Crippen molar-refractivity contribution in [2.75, 3.05) is 36.0 Å². The van der Waals surface area contributed by atoms with Crippen LogP contribution in [-0.2, 0) is 5.75 Å². The number of hydrogen-bond acceptors (Lipinski definition) is 6. The molecule has 2 heterocycles. The van der Waals surface area contributed by atoms with E-state index in [1.807, 2.05) is 55.5 Å². The fourth-order valence-corrected chi connectivity index (χ4v) is 5.18. The number of carbonyl (C=O) groups is 1. The van der Waals surface area contributed by atoms with Gasteiger partial charge in [-0.05, 0) is 42.7 Å².